The zero-order valence-electron chi connectivity index (χ0n) is 35.8. The van der Waals surface area contributed by atoms with Gasteiger partial charge in [0.05, 0.1) is 24.9 Å². The van der Waals surface area contributed by atoms with Crippen molar-refractivity contribution in [2.75, 3.05) is 39.6 Å². The predicted molar refractivity (Wildman–Crippen MR) is 226 cm³/mol. The van der Waals surface area contributed by atoms with Crippen molar-refractivity contribution in [3.63, 3.8) is 0 Å². The molecule has 3 N–H and O–H groups in total. The Kier molecular flexibility index (Phi) is 19.3. The lowest BCUT2D eigenvalue weighted by atomic mass is 9.83. The number of nitrogen functional groups attached to an aromatic ring is 1. The summed E-state index contributed by atoms with van der Waals surface area (Å²) in [5.41, 5.74) is 7.09. The molecule has 3 rings (SSSR count). The number of piperidine rings is 1. The number of carbonyl (C=O) groups excluding carboxylic acids is 4. The Morgan fingerprint density at radius 2 is 1.68 bits per heavy atom. The Balaban J connectivity index is 1.85. The molecule has 1 aliphatic rings. The van der Waals surface area contributed by atoms with E-state index in [0.29, 0.717) is 23.5 Å². The molecule has 0 radical (unpaired) electrons. The number of esters is 1. The molecular weight excluding hydrogens is 766 g/mol. The number of aromatic nitrogens is 1. The molecule has 2 aromatic rings. The largest absolute Gasteiger partial charge is 0.455 e. The minimum Gasteiger partial charge on any atom is -0.455 e. The summed E-state index contributed by atoms with van der Waals surface area (Å²) in [6, 6.07) is 6.37. The molecule has 2 heterocycles. The number of thiazole rings is 1. The second-order valence-electron chi connectivity index (χ2n) is 15.9. The van der Waals surface area contributed by atoms with Crippen molar-refractivity contribution in [2.24, 2.45) is 17.8 Å². The van der Waals surface area contributed by atoms with Crippen molar-refractivity contribution in [3.8, 4) is 0 Å². The van der Waals surface area contributed by atoms with Crippen molar-refractivity contribution in [2.45, 2.75) is 137 Å². The van der Waals surface area contributed by atoms with Crippen molar-refractivity contribution < 1.29 is 37.5 Å². The molecule has 0 spiro atoms. The van der Waals surface area contributed by atoms with Gasteiger partial charge in [-0.15, -0.1) is 11.3 Å². The van der Waals surface area contributed by atoms with E-state index in [1.54, 1.807) is 50.2 Å². The summed E-state index contributed by atoms with van der Waals surface area (Å²) >= 11 is 1.20. The summed E-state index contributed by atoms with van der Waals surface area (Å²) in [7, 11) is 0.289. The van der Waals surface area contributed by atoms with Crippen LogP contribution in [0.4, 0.5) is 5.69 Å². The van der Waals surface area contributed by atoms with Crippen molar-refractivity contribution in [1.29, 1.82) is 0 Å². The summed E-state index contributed by atoms with van der Waals surface area (Å²) in [4.78, 5) is 62.8. The van der Waals surface area contributed by atoms with E-state index >= 15 is 0 Å². The van der Waals surface area contributed by atoms with Gasteiger partial charge in [-0.05, 0) is 82.7 Å². The highest BCUT2D eigenvalue weighted by Gasteiger charge is 2.38. The first-order chi connectivity index (χ1) is 26.9. The third-order valence-electron chi connectivity index (χ3n) is 11.2. The van der Waals surface area contributed by atoms with Crippen molar-refractivity contribution in [1.82, 2.24) is 20.1 Å². The molecule has 320 valence electrons. The molecule has 13 nitrogen and oxygen atoms in total. The molecule has 1 aliphatic heterocycles. The fourth-order valence-corrected chi connectivity index (χ4v) is 10.4. The van der Waals surface area contributed by atoms with Crippen LogP contribution in [0.5, 0.6) is 0 Å². The van der Waals surface area contributed by atoms with E-state index in [9.17, 15) is 23.7 Å². The first-order valence-corrected chi connectivity index (χ1v) is 23.1. The van der Waals surface area contributed by atoms with Gasteiger partial charge >= 0.3 is 13.6 Å². The smallest absolute Gasteiger partial charge is 0.333 e. The number of rotatable bonds is 23. The summed E-state index contributed by atoms with van der Waals surface area (Å²) < 4.78 is 30.7. The van der Waals surface area contributed by atoms with Crippen LogP contribution in [0.1, 0.15) is 127 Å². The van der Waals surface area contributed by atoms with Gasteiger partial charge in [0.1, 0.15) is 10.7 Å². The topological polar surface area (TPSA) is 170 Å². The molecule has 7 atom stereocenters. The third kappa shape index (κ3) is 14.0. The highest BCUT2D eigenvalue weighted by atomic mass is 32.1. The number of Topliss-reactive ketones (excluding diaryl/α,β-unsaturated/α-hetero) is 1. The number of anilines is 1. The van der Waals surface area contributed by atoms with Crippen LogP contribution in [0.2, 0.25) is 0 Å². The van der Waals surface area contributed by atoms with Gasteiger partial charge in [0.2, 0.25) is 5.91 Å². The van der Waals surface area contributed by atoms with E-state index < -0.39 is 43.2 Å². The number of likely N-dealkylation sites (tertiary alicyclic amines) is 1. The number of hydrogen-bond acceptors (Lipinski definition) is 12. The Morgan fingerprint density at radius 3 is 2.25 bits per heavy atom. The van der Waals surface area contributed by atoms with Gasteiger partial charge in [0.25, 0.3) is 5.91 Å². The van der Waals surface area contributed by atoms with Crippen molar-refractivity contribution >= 4 is 48.2 Å². The first-order valence-electron chi connectivity index (χ1n) is 20.6. The lowest BCUT2D eigenvalue weighted by molar-refractivity contribution is -0.149. The molecule has 0 unspecified atom stereocenters. The standard InChI is InChI=1S/C42H68N5O8PS/c1-11-28(6)34(24-38(49)36-16-14-15-21-46(36)9)42(51)47(10)37(27(4)5)25-39(55-30(8)48)41-45-35(26-57-41)40(50)44-33(23-31-17-19-32(43)20-18-31)22-29(7)56(52,53-12-2)54-13-3/h17-20,26-29,33-34,36-37,39H,11-16,21-25,43H2,1-10H3,(H,44,50)/t28-,29+,33+,34-,36+,37+,39+/m0/s1. The van der Waals surface area contributed by atoms with Gasteiger partial charge in [-0.25, -0.2) is 4.98 Å². The van der Waals surface area contributed by atoms with Crippen LogP contribution in [0.3, 0.4) is 0 Å². The van der Waals surface area contributed by atoms with Crippen molar-refractivity contribution in [3.05, 3.63) is 45.9 Å². The number of nitrogens with one attached hydrogen (secondary N) is 1. The third-order valence-corrected chi connectivity index (χ3v) is 14.7. The average molecular weight is 834 g/mol. The maximum absolute atomic E-state index is 14.3. The Labute approximate surface area is 344 Å². The molecule has 1 aromatic heterocycles. The lowest BCUT2D eigenvalue weighted by Crippen LogP contribution is -2.48. The number of carbonyl (C=O) groups is 4. The predicted octanol–water partition coefficient (Wildman–Crippen LogP) is 7.69. The van der Waals surface area contributed by atoms with E-state index in [1.165, 1.54) is 18.3 Å². The van der Waals surface area contributed by atoms with Crippen LogP contribution in [0, 0.1) is 17.8 Å². The van der Waals surface area contributed by atoms with E-state index in [0.717, 1.165) is 37.8 Å². The Bertz CT molecular complexity index is 1640. The van der Waals surface area contributed by atoms with Gasteiger partial charge in [0, 0.05) is 55.9 Å². The molecule has 2 amide bonds. The second-order valence-corrected chi connectivity index (χ2v) is 19.3. The van der Waals surface area contributed by atoms with Crippen LogP contribution in [-0.4, -0.2) is 96.0 Å². The average Bonchev–Trinajstić information content (AvgIpc) is 3.66. The van der Waals surface area contributed by atoms with Gasteiger partial charge < -0.3 is 29.7 Å². The van der Waals surface area contributed by atoms with Gasteiger partial charge in [-0.2, -0.15) is 0 Å². The monoisotopic (exact) mass is 833 g/mol. The number of nitrogens with zero attached hydrogens (tertiary/aromatic N) is 3. The molecule has 0 saturated carbocycles. The second kappa shape index (κ2) is 22.8. The zero-order valence-corrected chi connectivity index (χ0v) is 37.5. The molecule has 0 bridgehead atoms. The number of ketones is 1. The summed E-state index contributed by atoms with van der Waals surface area (Å²) in [6.45, 7) is 16.1. The molecule has 1 fully saturated rings. The van der Waals surface area contributed by atoms with Crippen LogP contribution >= 0.6 is 18.9 Å². The quantitative estimate of drug-likeness (QED) is 0.0639. The number of ether oxygens (including phenoxy) is 1. The van der Waals surface area contributed by atoms with E-state index in [-0.39, 0.29) is 67.4 Å². The minimum absolute atomic E-state index is 0.00739. The van der Waals surface area contributed by atoms with Gasteiger partial charge in [0.15, 0.2) is 11.9 Å². The number of likely N-dealkylation sites (N-methyl/N-ethyl adjacent to an activating group) is 1. The van der Waals surface area contributed by atoms with Crippen LogP contribution in [-0.2, 0) is 39.2 Å². The summed E-state index contributed by atoms with van der Waals surface area (Å²) in [5, 5.41) is 5.14. The van der Waals surface area contributed by atoms with Gasteiger partial charge in [-0.3, -0.25) is 28.6 Å². The molecule has 57 heavy (non-hydrogen) atoms. The van der Waals surface area contributed by atoms with E-state index in [1.807, 2.05) is 46.9 Å². The van der Waals surface area contributed by atoms with Crippen LogP contribution in [0.25, 0.3) is 0 Å². The Hall–Kier alpha value is -3.16. The molecule has 15 heteroatoms. The number of amides is 2. The highest BCUT2D eigenvalue weighted by molar-refractivity contribution is 7.54. The molecule has 1 saturated heterocycles. The number of hydrogen-bond donors (Lipinski definition) is 2. The maximum atomic E-state index is 14.3. The minimum atomic E-state index is -3.46. The fourth-order valence-electron chi connectivity index (χ4n) is 7.70. The van der Waals surface area contributed by atoms with Crippen LogP contribution < -0.4 is 11.1 Å². The number of benzene rings is 1. The maximum Gasteiger partial charge on any atom is 0.333 e. The number of nitrogens with two attached hydrogens (primary N) is 1. The lowest BCUT2D eigenvalue weighted by Gasteiger charge is -2.37. The van der Waals surface area contributed by atoms with E-state index in [2.05, 4.69) is 15.2 Å². The fraction of sp³-hybridized carbons (Fsp3) is 0.690. The first kappa shape index (κ1) is 48.2. The summed E-state index contributed by atoms with van der Waals surface area (Å²) in [6.07, 6.45) is 3.98. The highest BCUT2D eigenvalue weighted by Crippen LogP contribution is 2.54. The van der Waals surface area contributed by atoms with Crippen LogP contribution in [0.15, 0.2) is 29.6 Å². The SMILES string of the molecule is CCOP(=O)(OCC)[C@H](C)C[C@H](Cc1ccc(N)cc1)NC(=O)c1csc([C@@H](C[C@H](C(C)C)N(C)C(=O)[C@@H](CC(=O)[C@H]2CCCCN2C)[C@@H](C)CC)OC(C)=O)n1. The van der Waals surface area contributed by atoms with Gasteiger partial charge in [-0.1, -0.05) is 59.6 Å². The molecular formula is C42H68N5O8PS. The molecule has 0 aliphatic carbocycles. The zero-order chi connectivity index (χ0) is 42.4. The normalized spacial score (nSPS) is 18.3. The molecule has 1 aromatic carbocycles. The van der Waals surface area contributed by atoms with E-state index in [4.69, 9.17) is 19.5 Å². The summed E-state index contributed by atoms with van der Waals surface area (Å²) in [5.74, 6) is -1.46. The Morgan fingerprint density at radius 1 is 1.04 bits per heavy atom.